The smallest absolute Gasteiger partial charge is 0.326 e. The van der Waals surface area contributed by atoms with E-state index in [2.05, 4.69) is 10.5 Å². The third-order valence-corrected chi connectivity index (χ3v) is 2.48. The van der Waals surface area contributed by atoms with Crippen molar-refractivity contribution in [1.29, 1.82) is 0 Å². The molecule has 0 bridgehead atoms. The van der Waals surface area contributed by atoms with Gasteiger partial charge < -0.3 is 20.1 Å². The van der Waals surface area contributed by atoms with Crippen LogP contribution < -0.4 is 5.32 Å². The van der Waals surface area contributed by atoms with Gasteiger partial charge in [0.2, 0.25) is 0 Å². The average Bonchev–Trinajstić information content (AvgIpc) is 2.68. The van der Waals surface area contributed by atoms with Crippen LogP contribution >= 0.6 is 0 Å². The molecular formula is C11H14N2O6. The summed E-state index contributed by atoms with van der Waals surface area (Å²) in [6, 6.07) is -1.50. The number of carbonyl (C=O) groups is 3. The molecule has 0 spiro atoms. The molecule has 1 rings (SSSR count). The van der Waals surface area contributed by atoms with E-state index in [1.165, 1.54) is 6.92 Å². The van der Waals surface area contributed by atoms with Gasteiger partial charge in [-0.3, -0.25) is 9.59 Å². The third-order valence-electron chi connectivity index (χ3n) is 2.48. The molecule has 0 radical (unpaired) electrons. The summed E-state index contributed by atoms with van der Waals surface area (Å²) in [4.78, 5) is 33.3. The molecule has 0 aliphatic heterocycles. The minimum atomic E-state index is -1.50. The van der Waals surface area contributed by atoms with Crippen molar-refractivity contribution >= 4 is 17.8 Å². The summed E-state index contributed by atoms with van der Waals surface area (Å²) in [6.45, 7) is 3.29. The van der Waals surface area contributed by atoms with Gasteiger partial charge in [0.1, 0.15) is 17.4 Å². The summed E-state index contributed by atoms with van der Waals surface area (Å²) >= 11 is 0. The molecule has 104 valence electrons. The van der Waals surface area contributed by atoms with Crippen LogP contribution in [-0.4, -0.2) is 39.3 Å². The summed E-state index contributed by atoms with van der Waals surface area (Å²) < 4.78 is 4.86. The molecule has 1 heterocycles. The third kappa shape index (κ3) is 3.54. The van der Waals surface area contributed by atoms with Crippen LogP contribution in [0, 0.1) is 6.92 Å². The largest absolute Gasteiger partial charge is 0.481 e. The van der Waals surface area contributed by atoms with Gasteiger partial charge in [-0.05, 0) is 13.3 Å². The Balaban J connectivity index is 2.90. The Labute approximate surface area is 108 Å². The van der Waals surface area contributed by atoms with Crippen molar-refractivity contribution in [1.82, 2.24) is 10.5 Å². The van der Waals surface area contributed by atoms with E-state index in [0.717, 1.165) is 0 Å². The van der Waals surface area contributed by atoms with E-state index in [1.807, 2.05) is 0 Å². The van der Waals surface area contributed by atoms with Crippen LogP contribution in [0.25, 0.3) is 0 Å². The molecule has 8 nitrogen and oxygen atoms in total. The lowest BCUT2D eigenvalue weighted by atomic mass is 10.1. The number of hydrogen-bond donors (Lipinski definition) is 3. The second kappa shape index (κ2) is 5.98. The number of hydrogen-bond acceptors (Lipinski definition) is 5. The predicted molar refractivity (Wildman–Crippen MR) is 61.8 cm³/mol. The minimum absolute atomic E-state index is 0.152. The Morgan fingerprint density at radius 1 is 1.37 bits per heavy atom. The van der Waals surface area contributed by atoms with Crippen LogP contribution in [0.5, 0.6) is 0 Å². The fourth-order valence-electron chi connectivity index (χ4n) is 1.56. The lowest BCUT2D eigenvalue weighted by Gasteiger charge is -2.12. The van der Waals surface area contributed by atoms with Gasteiger partial charge in [0, 0.05) is 0 Å². The number of carbonyl (C=O) groups excluding carboxylic acids is 1. The van der Waals surface area contributed by atoms with Gasteiger partial charge in [-0.15, -0.1) is 0 Å². The van der Waals surface area contributed by atoms with E-state index >= 15 is 0 Å². The van der Waals surface area contributed by atoms with E-state index in [9.17, 15) is 14.4 Å². The van der Waals surface area contributed by atoms with E-state index in [-0.39, 0.29) is 11.3 Å². The van der Waals surface area contributed by atoms with Gasteiger partial charge in [0.15, 0.2) is 0 Å². The lowest BCUT2D eigenvalue weighted by Crippen LogP contribution is -2.42. The number of rotatable bonds is 6. The molecule has 1 aromatic rings. The van der Waals surface area contributed by atoms with Crippen molar-refractivity contribution in [2.24, 2.45) is 0 Å². The van der Waals surface area contributed by atoms with Gasteiger partial charge in [-0.1, -0.05) is 12.1 Å². The number of amides is 1. The van der Waals surface area contributed by atoms with Crippen molar-refractivity contribution in [3.8, 4) is 0 Å². The molecular weight excluding hydrogens is 256 g/mol. The Kier molecular flexibility index (Phi) is 4.62. The maximum Gasteiger partial charge on any atom is 0.326 e. The van der Waals surface area contributed by atoms with Crippen LogP contribution in [0.1, 0.15) is 35.2 Å². The van der Waals surface area contributed by atoms with Crippen molar-refractivity contribution < 1.29 is 29.1 Å². The van der Waals surface area contributed by atoms with Crippen molar-refractivity contribution in [3.63, 3.8) is 0 Å². The molecule has 1 atom stereocenters. The van der Waals surface area contributed by atoms with E-state index in [4.69, 9.17) is 14.7 Å². The first-order valence-electron chi connectivity index (χ1n) is 5.57. The topological polar surface area (TPSA) is 130 Å². The molecule has 0 fully saturated rings. The number of nitrogens with one attached hydrogen (secondary N) is 1. The highest BCUT2D eigenvalue weighted by Gasteiger charge is 2.27. The molecule has 19 heavy (non-hydrogen) atoms. The summed E-state index contributed by atoms with van der Waals surface area (Å²) in [6.07, 6.45) is -0.260. The molecule has 1 aromatic heterocycles. The van der Waals surface area contributed by atoms with Crippen molar-refractivity contribution in [3.05, 3.63) is 17.0 Å². The first kappa shape index (κ1) is 14.7. The number of aromatic nitrogens is 1. The Bertz CT molecular complexity index is 507. The quantitative estimate of drug-likeness (QED) is 0.673. The molecule has 0 aliphatic rings. The molecule has 0 aliphatic carbocycles. The standard InChI is InChI=1S/C11H14N2O6/c1-3-6-9(5(2)19-13-6)10(16)12-7(11(17)18)4-8(14)15/h7H,3-4H2,1-2H3,(H,12,16)(H,14,15)(H,17,18)/t7-/m1/s1. The molecule has 0 aromatic carbocycles. The highest BCUT2D eigenvalue weighted by atomic mass is 16.5. The molecule has 1 amide bonds. The first-order chi connectivity index (χ1) is 8.86. The van der Waals surface area contributed by atoms with E-state index < -0.39 is 30.3 Å². The highest BCUT2D eigenvalue weighted by molar-refractivity contribution is 5.98. The maximum atomic E-state index is 11.9. The fraction of sp³-hybridized carbons (Fsp3) is 0.455. The van der Waals surface area contributed by atoms with Gasteiger partial charge in [-0.2, -0.15) is 0 Å². The predicted octanol–water partition coefficient (Wildman–Crippen LogP) is 0.203. The van der Waals surface area contributed by atoms with Gasteiger partial charge in [0.25, 0.3) is 5.91 Å². The molecule has 0 saturated carbocycles. The Morgan fingerprint density at radius 2 is 2.00 bits per heavy atom. The summed E-state index contributed by atoms with van der Waals surface area (Å²) in [5.41, 5.74) is 0.550. The second-order valence-electron chi connectivity index (χ2n) is 3.88. The number of aryl methyl sites for hydroxylation is 2. The van der Waals surface area contributed by atoms with Crippen molar-refractivity contribution in [2.75, 3.05) is 0 Å². The monoisotopic (exact) mass is 270 g/mol. The van der Waals surface area contributed by atoms with Crippen LogP contribution in [-0.2, 0) is 16.0 Å². The minimum Gasteiger partial charge on any atom is -0.481 e. The molecule has 0 unspecified atom stereocenters. The second-order valence-corrected chi connectivity index (χ2v) is 3.88. The lowest BCUT2D eigenvalue weighted by molar-refractivity contribution is -0.145. The zero-order valence-corrected chi connectivity index (χ0v) is 10.5. The summed E-state index contributed by atoms with van der Waals surface area (Å²) in [5.74, 6) is -3.17. The Hall–Kier alpha value is -2.38. The number of carboxylic acids is 2. The van der Waals surface area contributed by atoms with Crippen LogP contribution in [0.3, 0.4) is 0 Å². The zero-order chi connectivity index (χ0) is 14.6. The molecule has 3 N–H and O–H groups in total. The van der Waals surface area contributed by atoms with E-state index in [1.54, 1.807) is 6.92 Å². The highest BCUT2D eigenvalue weighted by Crippen LogP contribution is 2.14. The maximum absolute atomic E-state index is 11.9. The first-order valence-corrected chi connectivity index (χ1v) is 5.57. The number of nitrogens with zero attached hydrogens (tertiary/aromatic N) is 1. The zero-order valence-electron chi connectivity index (χ0n) is 10.5. The number of carboxylic acid groups (broad SMARTS) is 2. The van der Waals surface area contributed by atoms with Crippen LogP contribution in [0.4, 0.5) is 0 Å². The normalized spacial score (nSPS) is 11.9. The SMILES string of the molecule is CCc1noc(C)c1C(=O)N[C@H](CC(=O)O)C(=O)O. The van der Waals surface area contributed by atoms with E-state index in [0.29, 0.717) is 12.1 Å². The van der Waals surface area contributed by atoms with Crippen LogP contribution in [0.2, 0.25) is 0 Å². The molecule has 0 saturated heterocycles. The van der Waals surface area contributed by atoms with Gasteiger partial charge in [-0.25, -0.2) is 4.79 Å². The summed E-state index contributed by atoms with van der Waals surface area (Å²) in [7, 11) is 0. The van der Waals surface area contributed by atoms with Crippen molar-refractivity contribution in [2.45, 2.75) is 32.7 Å². The fourth-order valence-corrected chi connectivity index (χ4v) is 1.56. The van der Waals surface area contributed by atoms with Crippen LogP contribution in [0.15, 0.2) is 4.52 Å². The molecule has 8 heteroatoms. The van der Waals surface area contributed by atoms with Gasteiger partial charge >= 0.3 is 11.9 Å². The number of aliphatic carboxylic acids is 2. The summed E-state index contributed by atoms with van der Waals surface area (Å²) in [5, 5.41) is 23.2. The van der Waals surface area contributed by atoms with Gasteiger partial charge in [0.05, 0.1) is 12.1 Å². The average molecular weight is 270 g/mol. The Morgan fingerprint density at radius 3 is 2.47 bits per heavy atom.